The zero-order chi connectivity index (χ0) is 15.7. The van der Waals surface area contributed by atoms with Crippen molar-refractivity contribution >= 4 is 19.7 Å². The largest absolute Gasteiger partial charge is 0.229 e. The van der Waals surface area contributed by atoms with E-state index in [0.717, 1.165) is 24.0 Å². The molecule has 0 aliphatic heterocycles. The van der Waals surface area contributed by atoms with Crippen LogP contribution < -0.4 is 0 Å². The molecule has 4 nitrogen and oxygen atoms in total. The Hall–Kier alpha value is -0.880. The van der Waals surface area contributed by atoms with E-state index in [4.69, 9.17) is 0 Å². The molecular weight excluding hydrogens is 308 g/mol. The summed E-state index contributed by atoms with van der Waals surface area (Å²) in [6.07, 6.45) is 2.31. The summed E-state index contributed by atoms with van der Waals surface area (Å²) >= 11 is 0. The van der Waals surface area contributed by atoms with Gasteiger partial charge in [0.2, 0.25) is 0 Å². The highest BCUT2D eigenvalue weighted by Gasteiger charge is 2.32. The van der Waals surface area contributed by atoms with Crippen LogP contribution in [0.4, 0.5) is 0 Å². The minimum atomic E-state index is -3.44. The van der Waals surface area contributed by atoms with Crippen LogP contribution in [-0.2, 0) is 26.1 Å². The van der Waals surface area contributed by atoms with Gasteiger partial charge >= 0.3 is 0 Å². The van der Waals surface area contributed by atoms with E-state index < -0.39 is 30.2 Å². The lowest BCUT2D eigenvalue weighted by Crippen LogP contribution is -2.28. The molecule has 1 aromatic rings. The van der Waals surface area contributed by atoms with E-state index in [9.17, 15) is 16.8 Å². The minimum absolute atomic E-state index is 0.285. The van der Waals surface area contributed by atoms with Crippen molar-refractivity contribution in [1.82, 2.24) is 0 Å². The van der Waals surface area contributed by atoms with Crippen molar-refractivity contribution in [3.8, 4) is 0 Å². The molecule has 118 valence electrons. The van der Waals surface area contributed by atoms with Gasteiger partial charge in [-0.1, -0.05) is 24.3 Å². The van der Waals surface area contributed by atoms with Crippen LogP contribution >= 0.6 is 0 Å². The van der Waals surface area contributed by atoms with Crippen LogP contribution in [0.3, 0.4) is 0 Å². The Balaban J connectivity index is 2.22. The maximum Gasteiger partial charge on any atom is 0.158 e. The van der Waals surface area contributed by atoms with Crippen LogP contribution in [0.5, 0.6) is 0 Å². The third-order valence-electron chi connectivity index (χ3n) is 4.12. The molecule has 0 saturated heterocycles. The summed E-state index contributed by atoms with van der Waals surface area (Å²) in [6, 6.07) is 7.57. The Morgan fingerprint density at radius 2 is 1.76 bits per heavy atom. The Morgan fingerprint density at radius 3 is 2.43 bits per heavy atom. The second-order valence-corrected chi connectivity index (χ2v) is 10.8. The van der Waals surface area contributed by atoms with Gasteiger partial charge in [0.25, 0.3) is 0 Å². The van der Waals surface area contributed by atoms with E-state index in [2.05, 4.69) is 0 Å². The number of fused-ring (bicyclic) bond motifs is 1. The molecular formula is C15H22O4S2. The fourth-order valence-corrected chi connectivity index (χ4v) is 6.45. The first-order valence-corrected chi connectivity index (χ1v) is 10.7. The Labute approximate surface area is 127 Å². The van der Waals surface area contributed by atoms with Crippen LogP contribution in [0.15, 0.2) is 24.3 Å². The topological polar surface area (TPSA) is 68.3 Å². The molecule has 1 aliphatic rings. The highest BCUT2D eigenvalue weighted by atomic mass is 32.2. The Morgan fingerprint density at radius 1 is 1.10 bits per heavy atom. The van der Waals surface area contributed by atoms with Crippen LogP contribution in [0, 0.1) is 0 Å². The molecule has 1 aliphatic carbocycles. The highest BCUT2D eigenvalue weighted by molar-refractivity contribution is 7.95. The number of aryl methyl sites for hydroxylation is 1. The first-order valence-electron chi connectivity index (χ1n) is 7.25. The van der Waals surface area contributed by atoms with Gasteiger partial charge in [0, 0.05) is 0 Å². The molecule has 0 heterocycles. The molecule has 1 unspecified atom stereocenters. The van der Waals surface area contributed by atoms with Gasteiger partial charge in [0.05, 0.1) is 22.0 Å². The molecule has 0 N–H and O–H groups in total. The smallest absolute Gasteiger partial charge is 0.158 e. The van der Waals surface area contributed by atoms with Crippen molar-refractivity contribution < 1.29 is 16.8 Å². The first-order chi connectivity index (χ1) is 9.74. The van der Waals surface area contributed by atoms with Crippen LogP contribution in [0.2, 0.25) is 0 Å². The van der Waals surface area contributed by atoms with Gasteiger partial charge in [-0.25, -0.2) is 16.8 Å². The second-order valence-electron chi connectivity index (χ2n) is 5.86. The van der Waals surface area contributed by atoms with Crippen molar-refractivity contribution in [1.29, 1.82) is 0 Å². The normalized spacial score (nSPS) is 19.5. The third kappa shape index (κ3) is 3.66. The molecule has 6 heteroatoms. The van der Waals surface area contributed by atoms with Crippen molar-refractivity contribution in [3.63, 3.8) is 0 Å². The lowest BCUT2D eigenvalue weighted by Gasteiger charge is -2.25. The molecule has 0 spiro atoms. The quantitative estimate of drug-likeness (QED) is 0.831. The summed E-state index contributed by atoms with van der Waals surface area (Å²) in [4.78, 5) is 0. The summed E-state index contributed by atoms with van der Waals surface area (Å²) in [7, 11) is -6.77. The lowest BCUT2D eigenvalue weighted by atomic mass is 9.91. The molecule has 21 heavy (non-hydrogen) atoms. The minimum Gasteiger partial charge on any atom is -0.229 e. The average molecular weight is 330 g/mol. The molecule has 0 saturated carbocycles. The van der Waals surface area contributed by atoms with E-state index in [1.165, 1.54) is 0 Å². The number of hydrogen-bond donors (Lipinski definition) is 0. The predicted octanol–water partition coefficient (Wildman–Crippen LogP) is 2.30. The molecule has 0 bridgehead atoms. The third-order valence-corrected chi connectivity index (χ3v) is 8.72. The van der Waals surface area contributed by atoms with Crippen LogP contribution in [0.25, 0.3) is 0 Å². The molecule has 1 aromatic carbocycles. The fraction of sp³-hybridized carbons (Fsp3) is 0.600. The number of sulfone groups is 2. The average Bonchev–Trinajstić information content (AvgIpc) is 2.44. The molecule has 0 amide bonds. The molecule has 2 rings (SSSR count). The highest BCUT2D eigenvalue weighted by Crippen LogP contribution is 2.35. The number of benzene rings is 1. The molecule has 0 fully saturated rings. The summed E-state index contributed by atoms with van der Waals surface area (Å²) < 4.78 is 48.8. The number of hydrogen-bond acceptors (Lipinski definition) is 4. The van der Waals surface area contributed by atoms with Crippen molar-refractivity contribution in [2.45, 2.75) is 43.6 Å². The summed E-state index contributed by atoms with van der Waals surface area (Å²) in [6.45, 7) is 3.16. The Kier molecular flexibility index (Phi) is 4.78. The van der Waals surface area contributed by atoms with E-state index in [0.29, 0.717) is 6.42 Å². The van der Waals surface area contributed by atoms with Gasteiger partial charge in [-0.05, 0) is 44.2 Å². The predicted molar refractivity (Wildman–Crippen MR) is 84.8 cm³/mol. The van der Waals surface area contributed by atoms with Crippen molar-refractivity contribution in [3.05, 3.63) is 35.4 Å². The maximum atomic E-state index is 12.6. The fourth-order valence-electron chi connectivity index (χ4n) is 2.69. The summed E-state index contributed by atoms with van der Waals surface area (Å²) in [5, 5.41) is -1.09. The summed E-state index contributed by atoms with van der Waals surface area (Å²) in [5.74, 6) is -0.571. The monoisotopic (exact) mass is 330 g/mol. The first kappa shape index (κ1) is 16.5. The van der Waals surface area contributed by atoms with Crippen molar-refractivity contribution in [2.24, 2.45) is 0 Å². The number of rotatable bonds is 5. The van der Waals surface area contributed by atoms with Gasteiger partial charge in [-0.2, -0.15) is 0 Å². The van der Waals surface area contributed by atoms with Crippen LogP contribution in [0.1, 0.15) is 43.1 Å². The van der Waals surface area contributed by atoms with E-state index >= 15 is 0 Å². The lowest BCUT2D eigenvalue weighted by molar-refractivity contribution is 0.558. The SMILES string of the molecule is CC(C)S(=O)(=O)CCS(=O)(=O)C1CCCc2ccccc21. The maximum absolute atomic E-state index is 12.6. The van der Waals surface area contributed by atoms with Gasteiger partial charge < -0.3 is 0 Å². The Bertz CT molecular complexity index is 703. The van der Waals surface area contributed by atoms with Gasteiger partial charge in [0.1, 0.15) is 0 Å². The molecule has 1 atom stereocenters. The standard InChI is InChI=1S/C15H22O4S2/c1-12(2)20(16,17)10-11-21(18,19)15-9-5-7-13-6-3-4-8-14(13)15/h3-4,6,8,12,15H,5,7,9-11H2,1-2H3. The van der Waals surface area contributed by atoms with E-state index in [-0.39, 0.29) is 11.5 Å². The van der Waals surface area contributed by atoms with E-state index in [1.54, 1.807) is 13.8 Å². The molecule has 0 radical (unpaired) electrons. The summed E-state index contributed by atoms with van der Waals surface area (Å²) in [5.41, 5.74) is 1.93. The zero-order valence-corrected chi connectivity index (χ0v) is 14.1. The zero-order valence-electron chi connectivity index (χ0n) is 12.4. The van der Waals surface area contributed by atoms with Gasteiger partial charge in [-0.3, -0.25) is 0 Å². The van der Waals surface area contributed by atoms with Gasteiger partial charge in [0.15, 0.2) is 19.7 Å². The van der Waals surface area contributed by atoms with E-state index in [1.807, 2.05) is 24.3 Å². The van der Waals surface area contributed by atoms with Crippen LogP contribution in [-0.4, -0.2) is 33.6 Å². The van der Waals surface area contributed by atoms with Crippen molar-refractivity contribution in [2.75, 3.05) is 11.5 Å². The second kappa shape index (κ2) is 6.08. The van der Waals surface area contributed by atoms with Gasteiger partial charge in [-0.15, -0.1) is 0 Å². The molecule has 0 aromatic heterocycles.